The molecule has 0 saturated carbocycles. The second-order valence-electron chi connectivity index (χ2n) is 3.87. The van der Waals surface area contributed by atoms with E-state index < -0.39 is 0 Å². The maximum absolute atomic E-state index is 4.38. The Morgan fingerprint density at radius 1 is 1.44 bits per heavy atom. The summed E-state index contributed by atoms with van der Waals surface area (Å²) in [6, 6.07) is 0. The molecular weight excluding hydrogens is 341 g/mol. The van der Waals surface area contributed by atoms with Crippen molar-refractivity contribution >= 4 is 29.9 Å². The third-order valence-corrected chi connectivity index (χ3v) is 2.73. The lowest BCUT2D eigenvalue weighted by Crippen LogP contribution is -2.36. The van der Waals surface area contributed by atoms with Crippen molar-refractivity contribution in [3.63, 3.8) is 0 Å². The Balaban J connectivity index is 0.00000289. The molecule has 0 amide bonds. The van der Waals surface area contributed by atoms with Crippen molar-refractivity contribution in [1.82, 2.24) is 20.4 Å². The molecule has 0 fully saturated rings. The minimum absolute atomic E-state index is 0. The first kappa shape index (κ1) is 16.9. The summed E-state index contributed by atoms with van der Waals surface area (Å²) in [6.45, 7) is 9.17. The highest BCUT2D eigenvalue weighted by atomic mass is 127. The number of nitrogens with one attached hydrogen (secondary N) is 2. The van der Waals surface area contributed by atoms with Gasteiger partial charge in [0.2, 0.25) is 0 Å². The third kappa shape index (κ3) is 4.32. The molecule has 1 aromatic heterocycles. The van der Waals surface area contributed by atoms with Gasteiger partial charge < -0.3 is 10.6 Å². The summed E-state index contributed by atoms with van der Waals surface area (Å²) in [5.74, 6) is 0.771. The van der Waals surface area contributed by atoms with E-state index >= 15 is 0 Å². The summed E-state index contributed by atoms with van der Waals surface area (Å²) < 4.78 is 1.90. The number of nitrogens with zero attached hydrogens (tertiary/aromatic N) is 3. The summed E-state index contributed by atoms with van der Waals surface area (Å²) in [5.41, 5.74) is 3.44. The van der Waals surface area contributed by atoms with Crippen molar-refractivity contribution in [2.45, 2.75) is 20.4 Å². The molecule has 0 atom stereocenters. The molecule has 102 valence electrons. The van der Waals surface area contributed by atoms with Crippen molar-refractivity contribution in [2.24, 2.45) is 12.0 Å². The van der Waals surface area contributed by atoms with E-state index in [9.17, 15) is 0 Å². The van der Waals surface area contributed by atoms with Crippen molar-refractivity contribution in [3.05, 3.63) is 29.6 Å². The molecule has 6 heteroatoms. The predicted octanol–water partition coefficient (Wildman–Crippen LogP) is 1.51. The molecule has 0 aliphatic rings. The van der Waals surface area contributed by atoms with E-state index in [1.807, 2.05) is 18.7 Å². The third-order valence-electron chi connectivity index (χ3n) is 2.73. The molecule has 1 aromatic rings. The van der Waals surface area contributed by atoms with Crippen LogP contribution in [0.2, 0.25) is 0 Å². The molecule has 5 nitrogen and oxygen atoms in total. The van der Waals surface area contributed by atoms with Crippen LogP contribution >= 0.6 is 24.0 Å². The molecule has 0 bridgehead atoms. The van der Waals surface area contributed by atoms with Crippen molar-refractivity contribution < 1.29 is 0 Å². The van der Waals surface area contributed by atoms with Gasteiger partial charge in [0, 0.05) is 38.4 Å². The fraction of sp³-hybridized carbons (Fsp3) is 0.500. The van der Waals surface area contributed by atoms with Gasteiger partial charge in [0.15, 0.2) is 5.96 Å². The normalized spacial score (nSPS) is 10.8. The number of guanidine groups is 1. The molecule has 18 heavy (non-hydrogen) atoms. The number of hydrogen-bond acceptors (Lipinski definition) is 2. The molecule has 1 heterocycles. The fourth-order valence-corrected chi connectivity index (χ4v) is 1.63. The predicted molar refractivity (Wildman–Crippen MR) is 86.5 cm³/mol. The summed E-state index contributed by atoms with van der Waals surface area (Å²) in [6.07, 6.45) is 1.80. The van der Waals surface area contributed by atoms with Crippen molar-refractivity contribution in [1.29, 1.82) is 0 Å². The number of aryl methyl sites for hydroxylation is 2. The highest BCUT2D eigenvalue weighted by Gasteiger charge is 2.09. The molecule has 1 rings (SSSR count). The molecule has 2 N–H and O–H groups in total. The van der Waals surface area contributed by atoms with Crippen LogP contribution < -0.4 is 10.6 Å². The van der Waals surface area contributed by atoms with Crippen LogP contribution in [-0.2, 0) is 13.6 Å². The van der Waals surface area contributed by atoms with Gasteiger partial charge >= 0.3 is 0 Å². The van der Waals surface area contributed by atoms with Crippen LogP contribution in [0.4, 0.5) is 0 Å². The molecule has 0 aromatic carbocycles. The van der Waals surface area contributed by atoms with E-state index in [0.717, 1.165) is 18.2 Å². The van der Waals surface area contributed by atoms with Gasteiger partial charge in [-0.1, -0.05) is 6.08 Å². The van der Waals surface area contributed by atoms with Crippen LogP contribution in [0.15, 0.2) is 17.6 Å². The average Bonchev–Trinajstić information content (AvgIpc) is 2.55. The molecule has 0 aliphatic heterocycles. The molecule has 0 unspecified atom stereocenters. The molecule has 0 radical (unpaired) electrons. The van der Waals surface area contributed by atoms with E-state index in [1.54, 1.807) is 13.1 Å². The molecule has 0 aliphatic carbocycles. The van der Waals surface area contributed by atoms with Gasteiger partial charge in [-0.05, 0) is 13.8 Å². The smallest absolute Gasteiger partial charge is 0.191 e. The van der Waals surface area contributed by atoms with Crippen LogP contribution in [0, 0.1) is 13.8 Å². The molecule has 0 saturated heterocycles. The number of rotatable bonds is 4. The minimum Gasteiger partial charge on any atom is -0.353 e. The molecular formula is C12H22IN5. The van der Waals surface area contributed by atoms with Crippen LogP contribution in [0.25, 0.3) is 0 Å². The maximum Gasteiger partial charge on any atom is 0.191 e. The standard InChI is InChI=1S/C12H21N5.HI/c1-6-7-14-12(13-4)15-8-11-9(2)16-17(5)10(11)3;/h6H,1,7-8H2,2-5H3,(H2,13,14,15);1H. The highest BCUT2D eigenvalue weighted by Crippen LogP contribution is 2.10. The van der Waals surface area contributed by atoms with Crippen LogP contribution in [0.5, 0.6) is 0 Å². The lowest BCUT2D eigenvalue weighted by Gasteiger charge is -2.10. The SMILES string of the molecule is C=CCNC(=NC)NCc1c(C)nn(C)c1C.I. The average molecular weight is 363 g/mol. The summed E-state index contributed by atoms with van der Waals surface area (Å²) in [7, 11) is 3.71. The Morgan fingerprint density at radius 2 is 2.11 bits per heavy atom. The monoisotopic (exact) mass is 363 g/mol. The lowest BCUT2D eigenvalue weighted by molar-refractivity contribution is 0.729. The minimum atomic E-state index is 0. The van der Waals surface area contributed by atoms with E-state index in [2.05, 4.69) is 34.2 Å². The zero-order valence-electron chi connectivity index (χ0n) is 11.4. The van der Waals surface area contributed by atoms with Gasteiger partial charge in [0.25, 0.3) is 0 Å². The van der Waals surface area contributed by atoms with E-state index in [-0.39, 0.29) is 24.0 Å². The largest absolute Gasteiger partial charge is 0.353 e. The van der Waals surface area contributed by atoms with Gasteiger partial charge in [-0.2, -0.15) is 5.10 Å². The quantitative estimate of drug-likeness (QED) is 0.369. The van der Waals surface area contributed by atoms with Gasteiger partial charge in [-0.15, -0.1) is 30.6 Å². The zero-order valence-corrected chi connectivity index (χ0v) is 13.8. The number of aromatic nitrogens is 2. The van der Waals surface area contributed by atoms with Crippen LogP contribution in [0.1, 0.15) is 17.0 Å². The number of aliphatic imine (C=N–C) groups is 1. The Bertz CT molecular complexity index is 422. The van der Waals surface area contributed by atoms with E-state index in [0.29, 0.717) is 6.54 Å². The zero-order chi connectivity index (χ0) is 12.8. The number of halogens is 1. The second-order valence-corrected chi connectivity index (χ2v) is 3.87. The summed E-state index contributed by atoms with van der Waals surface area (Å²) in [4.78, 5) is 4.13. The maximum atomic E-state index is 4.38. The van der Waals surface area contributed by atoms with Crippen LogP contribution in [-0.4, -0.2) is 29.3 Å². The summed E-state index contributed by atoms with van der Waals surface area (Å²) >= 11 is 0. The summed E-state index contributed by atoms with van der Waals surface area (Å²) in [5, 5.41) is 10.8. The topological polar surface area (TPSA) is 54.2 Å². The first-order chi connectivity index (χ1) is 8.10. The van der Waals surface area contributed by atoms with Crippen molar-refractivity contribution in [2.75, 3.05) is 13.6 Å². The van der Waals surface area contributed by atoms with Gasteiger partial charge in [0.1, 0.15) is 0 Å². The van der Waals surface area contributed by atoms with Crippen LogP contribution in [0.3, 0.4) is 0 Å². The van der Waals surface area contributed by atoms with E-state index in [4.69, 9.17) is 0 Å². The first-order valence-corrected chi connectivity index (χ1v) is 5.64. The number of hydrogen-bond donors (Lipinski definition) is 2. The Kier molecular flexibility index (Phi) is 7.65. The second kappa shape index (κ2) is 8.12. The fourth-order valence-electron chi connectivity index (χ4n) is 1.63. The Morgan fingerprint density at radius 3 is 2.56 bits per heavy atom. The Labute approximate surface area is 126 Å². The Hall–Kier alpha value is -1.05. The van der Waals surface area contributed by atoms with Crippen molar-refractivity contribution in [3.8, 4) is 0 Å². The lowest BCUT2D eigenvalue weighted by atomic mass is 10.2. The molecule has 0 spiro atoms. The highest BCUT2D eigenvalue weighted by molar-refractivity contribution is 14.0. The van der Waals surface area contributed by atoms with Gasteiger partial charge in [-0.3, -0.25) is 9.67 Å². The van der Waals surface area contributed by atoms with Gasteiger partial charge in [0.05, 0.1) is 5.69 Å². The van der Waals surface area contributed by atoms with Gasteiger partial charge in [-0.25, -0.2) is 0 Å². The van der Waals surface area contributed by atoms with E-state index in [1.165, 1.54) is 11.3 Å². The first-order valence-electron chi connectivity index (χ1n) is 5.64.